The summed E-state index contributed by atoms with van der Waals surface area (Å²) in [6.45, 7) is 6.10. The second-order valence-electron chi connectivity index (χ2n) is 3.67. The highest BCUT2D eigenvalue weighted by atomic mass is 14.0. The zero-order chi connectivity index (χ0) is 11.8. The Morgan fingerprint density at radius 2 is 2.19 bits per heavy atom. The van der Waals surface area contributed by atoms with E-state index in [1.54, 1.807) is 0 Å². The molecule has 0 radical (unpaired) electrons. The van der Waals surface area contributed by atoms with Crippen molar-refractivity contribution in [2.45, 2.75) is 27.2 Å². The Kier molecular flexibility index (Phi) is 5.16. The molecule has 0 saturated heterocycles. The number of hydrogen-bond acceptors (Lipinski definition) is 0. The van der Waals surface area contributed by atoms with Gasteiger partial charge in [-0.05, 0) is 37.5 Å². The van der Waals surface area contributed by atoms with E-state index in [1.807, 2.05) is 13.0 Å². The van der Waals surface area contributed by atoms with Gasteiger partial charge in [0.15, 0.2) is 0 Å². The lowest BCUT2D eigenvalue weighted by Gasteiger charge is -2.02. The monoisotopic (exact) mass is 210 g/mol. The van der Waals surface area contributed by atoms with E-state index >= 15 is 0 Å². The molecular weight excluding hydrogens is 192 g/mol. The molecule has 0 unspecified atom stereocenters. The van der Waals surface area contributed by atoms with Crippen molar-refractivity contribution in [1.82, 2.24) is 0 Å². The predicted molar refractivity (Wildman–Crippen MR) is 72.0 cm³/mol. The highest BCUT2D eigenvalue weighted by molar-refractivity contribution is 5.76. The third kappa shape index (κ3) is 3.79. The molecule has 0 fully saturated rings. The average molecular weight is 210 g/mol. The average Bonchev–Trinajstić information content (AvgIpc) is 2.29. The summed E-state index contributed by atoms with van der Waals surface area (Å²) in [7, 11) is 0. The van der Waals surface area contributed by atoms with Crippen molar-refractivity contribution in [3.8, 4) is 11.8 Å². The van der Waals surface area contributed by atoms with E-state index in [-0.39, 0.29) is 0 Å². The molecule has 1 aromatic carbocycles. The Morgan fingerprint density at radius 3 is 2.81 bits per heavy atom. The van der Waals surface area contributed by atoms with Crippen LogP contribution in [0.25, 0.3) is 5.57 Å². The molecule has 0 atom stereocenters. The molecule has 0 nitrogen and oxygen atoms in total. The molecule has 1 aromatic rings. The van der Waals surface area contributed by atoms with Gasteiger partial charge in [0.25, 0.3) is 0 Å². The maximum Gasteiger partial charge on any atom is -0.00235 e. The van der Waals surface area contributed by atoms with E-state index < -0.39 is 0 Å². The molecule has 0 amide bonds. The summed E-state index contributed by atoms with van der Waals surface area (Å²) >= 11 is 0. The normalized spacial score (nSPS) is 11.3. The summed E-state index contributed by atoms with van der Waals surface area (Å²) in [4.78, 5) is 0. The first-order valence-electron chi connectivity index (χ1n) is 5.64. The Hall–Kier alpha value is -1.74. The number of rotatable bonds is 3. The lowest BCUT2D eigenvalue weighted by Crippen LogP contribution is -1.82. The number of benzene rings is 1. The fraction of sp³-hybridized carbons (Fsp3) is 0.250. The second-order valence-corrected chi connectivity index (χ2v) is 3.67. The topological polar surface area (TPSA) is 0 Å². The summed E-state index contributed by atoms with van der Waals surface area (Å²) in [6.07, 6.45) is 7.31. The fourth-order valence-electron chi connectivity index (χ4n) is 1.45. The Bertz CT molecular complexity index is 450. The van der Waals surface area contributed by atoms with E-state index in [4.69, 9.17) is 0 Å². The molecule has 0 aliphatic carbocycles. The minimum absolute atomic E-state index is 1.04. The molecular formula is C16H18. The maximum absolute atomic E-state index is 3.01. The smallest absolute Gasteiger partial charge is 0.00235 e. The van der Waals surface area contributed by atoms with Gasteiger partial charge in [0.05, 0.1) is 0 Å². The van der Waals surface area contributed by atoms with E-state index in [0.29, 0.717) is 0 Å². The molecule has 0 aliphatic heterocycles. The van der Waals surface area contributed by atoms with Crippen molar-refractivity contribution < 1.29 is 0 Å². The van der Waals surface area contributed by atoms with Gasteiger partial charge in [-0.3, -0.25) is 0 Å². The summed E-state index contributed by atoms with van der Waals surface area (Å²) < 4.78 is 0. The summed E-state index contributed by atoms with van der Waals surface area (Å²) in [6, 6.07) is 8.49. The summed E-state index contributed by atoms with van der Waals surface area (Å²) in [5.41, 5.74) is 3.69. The van der Waals surface area contributed by atoms with E-state index in [0.717, 1.165) is 6.42 Å². The molecule has 0 aliphatic rings. The SMILES string of the molecule is CC#C/C=C(\C=C/CC)c1cccc(C)c1. The van der Waals surface area contributed by atoms with Crippen molar-refractivity contribution in [3.63, 3.8) is 0 Å². The van der Waals surface area contributed by atoms with Gasteiger partial charge in [-0.15, -0.1) is 5.92 Å². The number of aryl methyl sites for hydroxylation is 1. The zero-order valence-corrected chi connectivity index (χ0v) is 10.2. The number of hydrogen-bond donors (Lipinski definition) is 0. The van der Waals surface area contributed by atoms with Crippen molar-refractivity contribution in [2.24, 2.45) is 0 Å². The van der Waals surface area contributed by atoms with Crippen molar-refractivity contribution in [1.29, 1.82) is 0 Å². The first-order chi connectivity index (χ1) is 7.77. The minimum Gasteiger partial charge on any atom is -0.102 e. The predicted octanol–water partition coefficient (Wildman–Crippen LogP) is 4.37. The van der Waals surface area contributed by atoms with Crippen LogP contribution in [0, 0.1) is 18.8 Å². The lowest BCUT2D eigenvalue weighted by molar-refractivity contribution is 1.22. The lowest BCUT2D eigenvalue weighted by atomic mass is 10.0. The molecule has 82 valence electrons. The quantitative estimate of drug-likeness (QED) is 0.513. The van der Waals surface area contributed by atoms with Gasteiger partial charge in [0, 0.05) is 0 Å². The van der Waals surface area contributed by atoms with Crippen LogP contribution in [-0.2, 0) is 0 Å². The first kappa shape index (κ1) is 12.3. The molecule has 0 N–H and O–H groups in total. The Balaban J connectivity index is 3.09. The first-order valence-corrected chi connectivity index (χ1v) is 5.64. The van der Waals surface area contributed by atoms with E-state index in [2.05, 4.69) is 62.1 Å². The summed E-state index contributed by atoms with van der Waals surface area (Å²) in [5, 5.41) is 0. The molecule has 16 heavy (non-hydrogen) atoms. The minimum atomic E-state index is 1.04. The molecule has 0 bridgehead atoms. The van der Waals surface area contributed by atoms with Gasteiger partial charge in [-0.25, -0.2) is 0 Å². The van der Waals surface area contributed by atoms with Crippen LogP contribution < -0.4 is 0 Å². The molecule has 0 aromatic heterocycles. The highest BCUT2D eigenvalue weighted by Gasteiger charge is 1.96. The van der Waals surface area contributed by atoms with E-state index in [1.165, 1.54) is 16.7 Å². The zero-order valence-electron chi connectivity index (χ0n) is 10.2. The Labute approximate surface area is 98.7 Å². The van der Waals surface area contributed by atoms with Crippen LogP contribution in [0.4, 0.5) is 0 Å². The maximum atomic E-state index is 3.01. The third-order valence-corrected chi connectivity index (χ3v) is 2.26. The number of allylic oxidation sites excluding steroid dienone is 4. The van der Waals surface area contributed by atoms with Crippen LogP contribution in [-0.4, -0.2) is 0 Å². The fourth-order valence-corrected chi connectivity index (χ4v) is 1.45. The highest BCUT2D eigenvalue weighted by Crippen LogP contribution is 2.17. The van der Waals surface area contributed by atoms with Crippen molar-refractivity contribution in [2.75, 3.05) is 0 Å². The van der Waals surface area contributed by atoms with Gasteiger partial charge in [-0.1, -0.05) is 54.8 Å². The molecule has 0 heteroatoms. The molecule has 0 saturated carbocycles. The van der Waals surface area contributed by atoms with E-state index in [9.17, 15) is 0 Å². The van der Waals surface area contributed by atoms with Gasteiger partial charge in [0.1, 0.15) is 0 Å². The Morgan fingerprint density at radius 1 is 1.38 bits per heavy atom. The van der Waals surface area contributed by atoms with Crippen LogP contribution in [0.2, 0.25) is 0 Å². The van der Waals surface area contributed by atoms with Gasteiger partial charge < -0.3 is 0 Å². The molecule has 1 rings (SSSR count). The molecule has 0 heterocycles. The van der Waals surface area contributed by atoms with Crippen LogP contribution in [0.15, 0.2) is 42.5 Å². The van der Waals surface area contributed by atoms with Crippen LogP contribution in [0.3, 0.4) is 0 Å². The van der Waals surface area contributed by atoms with Crippen LogP contribution in [0.5, 0.6) is 0 Å². The standard InChI is InChI=1S/C16H18/c1-4-6-10-15(11-7-5-2)16-12-8-9-14(3)13-16/h6,8-13H,4H2,1-3H3/b10-6-,15-11+. The van der Waals surface area contributed by atoms with Gasteiger partial charge >= 0.3 is 0 Å². The van der Waals surface area contributed by atoms with Crippen molar-refractivity contribution in [3.05, 3.63) is 53.6 Å². The van der Waals surface area contributed by atoms with Gasteiger partial charge in [-0.2, -0.15) is 0 Å². The van der Waals surface area contributed by atoms with Crippen LogP contribution in [0.1, 0.15) is 31.4 Å². The molecule has 0 spiro atoms. The second kappa shape index (κ2) is 6.69. The van der Waals surface area contributed by atoms with Gasteiger partial charge in [0.2, 0.25) is 0 Å². The third-order valence-electron chi connectivity index (χ3n) is 2.26. The van der Waals surface area contributed by atoms with Crippen LogP contribution >= 0.6 is 0 Å². The largest absolute Gasteiger partial charge is 0.102 e. The van der Waals surface area contributed by atoms with Crippen molar-refractivity contribution >= 4 is 5.57 Å². The summed E-state index contributed by atoms with van der Waals surface area (Å²) in [5.74, 6) is 5.91.